The van der Waals surface area contributed by atoms with Gasteiger partial charge in [0.1, 0.15) is 0 Å². The van der Waals surface area contributed by atoms with Crippen LogP contribution in [0.4, 0.5) is 0 Å². The Kier molecular flexibility index (Phi) is 8.65. The van der Waals surface area contributed by atoms with Crippen LogP contribution >= 0.6 is 0 Å². The third-order valence-corrected chi connectivity index (χ3v) is 12.4. The molecule has 2 aromatic carbocycles. The zero-order valence-electron chi connectivity index (χ0n) is 18.1. The van der Waals surface area contributed by atoms with Gasteiger partial charge in [-0.05, 0) is 0 Å². The van der Waals surface area contributed by atoms with Gasteiger partial charge < -0.3 is 24.8 Å². The number of allylic oxidation sites excluding steroid dienone is 4. The SMILES string of the molecule is C=C.[Cl-].[Cl-].c1ccc2c(c1)CC1=C2CCC[CH]1[Zr+2][CH]1CCCC2=C1Cc1ccccc12. The third kappa shape index (κ3) is 4.48. The maximum absolute atomic E-state index is 3.00. The molecule has 31 heavy (non-hydrogen) atoms. The molecule has 0 saturated heterocycles. The molecule has 4 aliphatic rings. The number of hydrogen-bond donors (Lipinski definition) is 0. The van der Waals surface area contributed by atoms with Crippen LogP contribution in [0.1, 0.15) is 60.8 Å². The molecule has 4 aliphatic carbocycles. The van der Waals surface area contributed by atoms with Crippen LogP contribution in [0.3, 0.4) is 0 Å². The van der Waals surface area contributed by atoms with Crippen LogP contribution in [0.5, 0.6) is 0 Å². The van der Waals surface area contributed by atoms with Crippen molar-refractivity contribution in [2.24, 2.45) is 0 Å². The molecule has 6 rings (SSSR count). The normalized spacial score (nSPS) is 22.5. The minimum absolute atomic E-state index is 0. The molecule has 0 aromatic heterocycles. The van der Waals surface area contributed by atoms with E-state index in [1.807, 2.05) is 11.1 Å². The first-order valence-electron chi connectivity index (χ1n) is 11.2. The van der Waals surface area contributed by atoms with Crippen LogP contribution in [0.2, 0.25) is 7.25 Å². The summed E-state index contributed by atoms with van der Waals surface area (Å²) in [6.45, 7) is 6.00. The number of halogens is 2. The van der Waals surface area contributed by atoms with Gasteiger partial charge in [0.25, 0.3) is 0 Å². The minimum atomic E-state index is -0.469. The summed E-state index contributed by atoms with van der Waals surface area (Å²) in [4.78, 5) is 0. The van der Waals surface area contributed by atoms with Crippen molar-refractivity contribution in [2.75, 3.05) is 0 Å². The van der Waals surface area contributed by atoms with E-state index in [0.717, 1.165) is 7.25 Å². The molecular weight excluding hydrogens is 498 g/mol. The summed E-state index contributed by atoms with van der Waals surface area (Å²) < 4.78 is 1.98. The monoisotopic (exact) mass is 526 g/mol. The second kappa shape index (κ2) is 10.8. The van der Waals surface area contributed by atoms with E-state index in [1.165, 1.54) is 51.4 Å². The molecule has 0 aliphatic heterocycles. The van der Waals surface area contributed by atoms with E-state index in [2.05, 4.69) is 61.7 Å². The predicted molar refractivity (Wildman–Crippen MR) is 121 cm³/mol. The number of hydrogen-bond acceptors (Lipinski definition) is 0. The van der Waals surface area contributed by atoms with Gasteiger partial charge in [0.2, 0.25) is 0 Å². The molecule has 2 unspecified atom stereocenters. The molecule has 0 saturated carbocycles. The first kappa shape index (κ1) is 24.8. The standard InChI is InChI=1S/2C13H13.C2H4.2ClH.Zr/c2*1-3-7-12-10(5-1)9-11-6-2-4-8-13(11)12;1-2;;;/h2*1,3,5-7H,2,4,8-9H2;1-2H2;2*1H;/q;;;;;+2/p-2. The molecule has 0 spiro atoms. The van der Waals surface area contributed by atoms with E-state index in [9.17, 15) is 0 Å². The fourth-order valence-corrected chi connectivity index (χ4v) is 11.5. The van der Waals surface area contributed by atoms with Crippen LogP contribution < -0.4 is 24.8 Å². The molecule has 0 fully saturated rings. The Morgan fingerprint density at radius 1 is 0.645 bits per heavy atom. The Hall–Kier alpha value is -0.877. The molecule has 0 nitrogen and oxygen atoms in total. The second-order valence-electron chi connectivity index (χ2n) is 8.73. The summed E-state index contributed by atoms with van der Waals surface area (Å²) in [5.74, 6) is 0. The van der Waals surface area contributed by atoms with Gasteiger partial charge >= 0.3 is 175 Å². The fourth-order valence-electron chi connectivity index (χ4n) is 6.09. The molecule has 0 radical (unpaired) electrons. The second-order valence-corrected chi connectivity index (χ2v) is 13.0. The average Bonchev–Trinajstić information content (AvgIpc) is 3.35. The first-order chi connectivity index (χ1) is 14.4. The van der Waals surface area contributed by atoms with Crippen LogP contribution in [0.15, 0.2) is 72.8 Å². The van der Waals surface area contributed by atoms with Crippen molar-refractivity contribution < 1.29 is 48.0 Å². The van der Waals surface area contributed by atoms with Gasteiger partial charge in [0, 0.05) is 0 Å². The summed E-state index contributed by atoms with van der Waals surface area (Å²) in [5, 5.41) is 0. The summed E-state index contributed by atoms with van der Waals surface area (Å²) in [6.07, 6.45) is 11.1. The summed E-state index contributed by atoms with van der Waals surface area (Å²) in [6, 6.07) is 18.5. The average molecular weight is 529 g/mol. The molecule has 3 heteroatoms. The Labute approximate surface area is 211 Å². The number of fused-ring (bicyclic) bond motifs is 4. The quantitative estimate of drug-likeness (QED) is 0.522. The van der Waals surface area contributed by atoms with Gasteiger partial charge in [-0.2, -0.15) is 0 Å². The summed E-state index contributed by atoms with van der Waals surface area (Å²) >= 11 is -0.469. The Morgan fingerprint density at radius 3 is 1.52 bits per heavy atom. The summed E-state index contributed by atoms with van der Waals surface area (Å²) in [7, 11) is 0. The number of rotatable bonds is 2. The third-order valence-electron chi connectivity index (χ3n) is 7.30. The molecule has 2 aromatic rings. The van der Waals surface area contributed by atoms with Crippen LogP contribution in [0, 0.1) is 0 Å². The Balaban J connectivity index is 0.000000663. The van der Waals surface area contributed by atoms with Crippen LogP contribution in [-0.2, 0) is 36.1 Å². The zero-order chi connectivity index (χ0) is 19.8. The van der Waals surface area contributed by atoms with E-state index in [-0.39, 0.29) is 24.8 Å². The van der Waals surface area contributed by atoms with Gasteiger partial charge in [-0.25, -0.2) is 0 Å². The Bertz CT molecular complexity index is 924. The molecule has 0 amide bonds. The van der Waals surface area contributed by atoms with Crippen molar-refractivity contribution in [3.63, 3.8) is 0 Å². The van der Waals surface area contributed by atoms with E-state index in [1.54, 1.807) is 33.4 Å². The van der Waals surface area contributed by atoms with E-state index in [4.69, 9.17) is 0 Å². The predicted octanol–water partition coefficient (Wildman–Crippen LogP) is 1.84. The van der Waals surface area contributed by atoms with Gasteiger partial charge in [0.15, 0.2) is 0 Å². The van der Waals surface area contributed by atoms with Crippen molar-refractivity contribution in [1.82, 2.24) is 0 Å². The van der Waals surface area contributed by atoms with Gasteiger partial charge in [0.05, 0.1) is 0 Å². The van der Waals surface area contributed by atoms with Crippen LogP contribution in [0.25, 0.3) is 11.1 Å². The zero-order valence-corrected chi connectivity index (χ0v) is 22.1. The van der Waals surface area contributed by atoms with Crippen molar-refractivity contribution >= 4 is 11.1 Å². The van der Waals surface area contributed by atoms with Crippen molar-refractivity contribution in [3.8, 4) is 0 Å². The molecule has 0 bridgehead atoms. The van der Waals surface area contributed by atoms with Crippen LogP contribution in [-0.4, -0.2) is 0 Å². The van der Waals surface area contributed by atoms with E-state index < -0.39 is 23.2 Å². The van der Waals surface area contributed by atoms with Crippen molar-refractivity contribution in [2.45, 2.75) is 58.6 Å². The van der Waals surface area contributed by atoms with Gasteiger partial charge in [-0.15, -0.1) is 13.2 Å². The van der Waals surface area contributed by atoms with Gasteiger partial charge in [-0.1, -0.05) is 0 Å². The van der Waals surface area contributed by atoms with Gasteiger partial charge in [-0.3, -0.25) is 0 Å². The van der Waals surface area contributed by atoms with E-state index >= 15 is 0 Å². The number of benzene rings is 2. The molecular formula is C28H30Cl2Zr. The molecule has 0 heterocycles. The first-order valence-corrected chi connectivity index (χ1v) is 14.1. The van der Waals surface area contributed by atoms with Crippen molar-refractivity contribution in [1.29, 1.82) is 0 Å². The topological polar surface area (TPSA) is 0 Å². The summed E-state index contributed by atoms with van der Waals surface area (Å²) in [5.41, 5.74) is 13.7. The molecule has 2 atom stereocenters. The maximum atomic E-state index is 3.00. The fraction of sp³-hybridized carbons (Fsp3) is 0.357. The van der Waals surface area contributed by atoms with E-state index in [0.29, 0.717) is 0 Å². The molecule has 0 N–H and O–H groups in total. The Morgan fingerprint density at radius 2 is 1.06 bits per heavy atom. The molecule has 160 valence electrons. The van der Waals surface area contributed by atoms with Crippen molar-refractivity contribution in [3.05, 3.63) is 95.1 Å².